The lowest BCUT2D eigenvalue weighted by Crippen LogP contribution is -2.23. The van der Waals surface area contributed by atoms with Crippen LogP contribution in [0.1, 0.15) is 30.1 Å². The summed E-state index contributed by atoms with van der Waals surface area (Å²) in [5.74, 6) is 1.00. The Morgan fingerprint density at radius 1 is 1.73 bits per heavy atom. The van der Waals surface area contributed by atoms with E-state index in [0.29, 0.717) is 18.2 Å². The molecule has 0 aliphatic heterocycles. The highest BCUT2D eigenvalue weighted by Gasteiger charge is 2.12. The number of aromatic nitrogens is 1. The third-order valence-corrected chi connectivity index (χ3v) is 1.81. The number of nitrogens with one attached hydrogen (secondary N) is 1. The SMILES string of the molecule is C=CCNC(=O)c1cc(CC(C)C)on1. The van der Waals surface area contributed by atoms with Crippen molar-refractivity contribution in [2.45, 2.75) is 20.3 Å². The van der Waals surface area contributed by atoms with Gasteiger partial charge < -0.3 is 9.84 Å². The third kappa shape index (κ3) is 3.58. The molecule has 0 aliphatic carbocycles. The van der Waals surface area contributed by atoms with Gasteiger partial charge in [0.2, 0.25) is 0 Å². The largest absolute Gasteiger partial charge is 0.361 e. The predicted octanol–water partition coefficient (Wildman–Crippen LogP) is 1.79. The molecule has 0 spiro atoms. The summed E-state index contributed by atoms with van der Waals surface area (Å²) in [6.07, 6.45) is 2.41. The summed E-state index contributed by atoms with van der Waals surface area (Å²) in [5, 5.41) is 6.34. The van der Waals surface area contributed by atoms with E-state index in [4.69, 9.17) is 4.52 Å². The van der Waals surface area contributed by atoms with E-state index in [9.17, 15) is 4.79 Å². The minimum atomic E-state index is -0.228. The van der Waals surface area contributed by atoms with E-state index in [0.717, 1.165) is 12.2 Å². The minimum Gasteiger partial charge on any atom is -0.361 e. The highest BCUT2D eigenvalue weighted by atomic mass is 16.5. The first-order valence-corrected chi connectivity index (χ1v) is 4.98. The maximum atomic E-state index is 11.4. The summed E-state index contributed by atoms with van der Waals surface area (Å²) >= 11 is 0. The average molecular weight is 208 g/mol. The number of hydrogen-bond acceptors (Lipinski definition) is 3. The van der Waals surface area contributed by atoms with E-state index >= 15 is 0 Å². The van der Waals surface area contributed by atoms with Crippen molar-refractivity contribution in [2.75, 3.05) is 6.54 Å². The Balaban J connectivity index is 2.58. The molecule has 1 aromatic rings. The Kier molecular flexibility index (Phi) is 4.09. The van der Waals surface area contributed by atoms with Crippen LogP contribution in [0.4, 0.5) is 0 Å². The Labute approximate surface area is 89.3 Å². The van der Waals surface area contributed by atoms with Crippen LogP contribution >= 0.6 is 0 Å². The smallest absolute Gasteiger partial charge is 0.273 e. The Hall–Kier alpha value is -1.58. The molecule has 0 radical (unpaired) electrons. The molecule has 0 unspecified atom stereocenters. The van der Waals surface area contributed by atoms with Crippen LogP contribution in [0.25, 0.3) is 0 Å². The molecule has 82 valence electrons. The van der Waals surface area contributed by atoms with Gasteiger partial charge in [-0.1, -0.05) is 25.1 Å². The van der Waals surface area contributed by atoms with Gasteiger partial charge in [-0.2, -0.15) is 0 Å². The van der Waals surface area contributed by atoms with Crippen molar-refractivity contribution in [3.8, 4) is 0 Å². The standard InChI is InChI=1S/C11H16N2O2/c1-4-5-12-11(14)10-7-9(15-13-10)6-8(2)3/h4,7-8H,1,5-6H2,2-3H3,(H,12,14). The molecule has 0 saturated carbocycles. The molecule has 0 aliphatic rings. The third-order valence-electron chi connectivity index (χ3n) is 1.81. The molecule has 1 amide bonds. The van der Waals surface area contributed by atoms with Gasteiger partial charge in [-0.25, -0.2) is 0 Å². The lowest BCUT2D eigenvalue weighted by Gasteiger charge is -1.97. The summed E-state index contributed by atoms with van der Waals surface area (Å²) < 4.78 is 5.04. The summed E-state index contributed by atoms with van der Waals surface area (Å²) in [7, 11) is 0. The van der Waals surface area contributed by atoms with E-state index in [1.54, 1.807) is 12.1 Å². The zero-order chi connectivity index (χ0) is 11.3. The lowest BCUT2D eigenvalue weighted by molar-refractivity contribution is 0.0949. The molecule has 0 atom stereocenters. The monoisotopic (exact) mass is 208 g/mol. The quantitative estimate of drug-likeness (QED) is 0.750. The van der Waals surface area contributed by atoms with Crippen molar-refractivity contribution in [1.29, 1.82) is 0 Å². The van der Waals surface area contributed by atoms with Crippen molar-refractivity contribution in [3.63, 3.8) is 0 Å². The molecular formula is C11H16N2O2. The van der Waals surface area contributed by atoms with E-state index in [-0.39, 0.29) is 5.91 Å². The van der Waals surface area contributed by atoms with Crippen LogP contribution in [0, 0.1) is 5.92 Å². The Morgan fingerprint density at radius 2 is 2.47 bits per heavy atom. The van der Waals surface area contributed by atoms with Gasteiger partial charge in [-0.3, -0.25) is 4.79 Å². The number of nitrogens with zero attached hydrogens (tertiary/aromatic N) is 1. The van der Waals surface area contributed by atoms with Gasteiger partial charge in [-0.05, 0) is 5.92 Å². The van der Waals surface area contributed by atoms with Gasteiger partial charge in [0.1, 0.15) is 5.76 Å². The second kappa shape index (κ2) is 5.34. The maximum Gasteiger partial charge on any atom is 0.273 e. The molecule has 15 heavy (non-hydrogen) atoms. The van der Waals surface area contributed by atoms with Crippen LogP contribution in [0.15, 0.2) is 23.2 Å². The average Bonchev–Trinajstić information content (AvgIpc) is 2.61. The van der Waals surface area contributed by atoms with Gasteiger partial charge in [-0.15, -0.1) is 6.58 Å². The lowest BCUT2D eigenvalue weighted by atomic mass is 10.1. The molecule has 0 fully saturated rings. The molecule has 0 saturated heterocycles. The summed E-state index contributed by atoms with van der Waals surface area (Å²) in [4.78, 5) is 11.4. The molecule has 1 rings (SSSR count). The summed E-state index contributed by atoms with van der Waals surface area (Å²) in [6.45, 7) is 8.11. The number of hydrogen-bond donors (Lipinski definition) is 1. The van der Waals surface area contributed by atoms with E-state index in [1.165, 1.54) is 0 Å². The Bertz CT molecular complexity index is 342. The van der Waals surface area contributed by atoms with E-state index < -0.39 is 0 Å². The van der Waals surface area contributed by atoms with E-state index in [1.807, 2.05) is 0 Å². The normalized spacial score (nSPS) is 10.3. The topological polar surface area (TPSA) is 55.1 Å². The van der Waals surface area contributed by atoms with Gasteiger partial charge in [0.25, 0.3) is 5.91 Å². The zero-order valence-corrected chi connectivity index (χ0v) is 9.12. The van der Waals surface area contributed by atoms with Crippen LogP contribution in [-0.4, -0.2) is 17.6 Å². The molecule has 1 aromatic heterocycles. The van der Waals surface area contributed by atoms with Crippen LogP contribution in [-0.2, 0) is 6.42 Å². The molecule has 0 aromatic carbocycles. The fourth-order valence-electron chi connectivity index (χ4n) is 1.17. The van der Waals surface area contributed by atoms with Gasteiger partial charge >= 0.3 is 0 Å². The van der Waals surface area contributed by atoms with Gasteiger partial charge in [0.05, 0.1) is 0 Å². The van der Waals surface area contributed by atoms with Crippen molar-refractivity contribution in [2.24, 2.45) is 5.92 Å². The molecule has 0 bridgehead atoms. The molecule has 1 N–H and O–H groups in total. The molecular weight excluding hydrogens is 192 g/mol. The minimum absolute atomic E-state index is 0.228. The van der Waals surface area contributed by atoms with Crippen molar-refractivity contribution >= 4 is 5.91 Å². The van der Waals surface area contributed by atoms with Crippen molar-refractivity contribution in [3.05, 3.63) is 30.2 Å². The highest BCUT2D eigenvalue weighted by Crippen LogP contribution is 2.09. The van der Waals surface area contributed by atoms with Crippen LogP contribution in [0.3, 0.4) is 0 Å². The van der Waals surface area contributed by atoms with Crippen LogP contribution in [0.2, 0.25) is 0 Å². The van der Waals surface area contributed by atoms with E-state index in [2.05, 4.69) is 30.9 Å². The number of carbonyl (C=O) groups excluding carboxylic acids is 1. The van der Waals surface area contributed by atoms with Crippen molar-refractivity contribution in [1.82, 2.24) is 10.5 Å². The first kappa shape index (κ1) is 11.5. The predicted molar refractivity (Wildman–Crippen MR) is 57.6 cm³/mol. The molecule has 4 heteroatoms. The van der Waals surface area contributed by atoms with Crippen LogP contribution < -0.4 is 5.32 Å². The number of amides is 1. The molecule has 4 nitrogen and oxygen atoms in total. The Morgan fingerprint density at radius 3 is 3.07 bits per heavy atom. The van der Waals surface area contributed by atoms with Crippen LogP contribution in [0.5, 0.6) is 0 Å². The summed E-state index contributed by atoms with van der Waals surface area (Å²) in [5.41, 5.74) is 0.326. The fourth-order valence-corrected chi connectivity index (χ4v) is 1.17. The van der Waals surface area contributed by atoms with Gasteiger partial charge in [0.15, 0.2) is 5.69 Å². The second-order valence-corrected chi connectivity index (χ2v) is 3.78. The zero-order valence-electron chi connectivity index (χ0n) is 9.12. The first-order valence-electron chi connectivity index (χ1n) is 4.98. The van der Waals surface area contributed by atoms with Crippen molar-refractivity contribution < 1.29 is 9.32 Å². The second-order valence-electron chi connectivity index (χ2n) is 3.78. The fraction of sp³-hybridized carbons (Fsp3) is 0.455. The summed E-state index contributed by atoms with van der Waals surface area (Å²) in [6, 6.07) is 1.68. The first-order chi connectivity index (χ1) is 7.13. The van der Waals surface area contributed by atoms with Gasteiger partial charge in [0, 0.05) is 19.0 Å². The maximum absolute atomic E-state index is 11.4. The highest BCUT2D eigenvalue weighted by molar-refractivity contribution is 5.92. The number of carbonyl (C=O) groups is 1. The number of rotatable bonds is 5. The molecule has 1 heterocycles.